The van der Waals surface area contributed by atoms with Crippen LogP contribution in [0.5, 0.6) is 0 Å². The molecule has 2 N–H and O–H groups in total. The van der Waals surface area contributed by atoms with Crippen LogP contribution in [0.25, 0.3) is 0 Å². The molecule has 2 aliphatic carbocycles. The monoisotopic (exact) mass is 522 g/mol. The van der Waals surface area contributed by atoms with Gasteiger partial charge in [0.25, 0.3) is 0 Å². The molecule has 7 heteroatoms. The smallest absolute Gasteiger partial charge is 0.191 e. The van der Waals surface area contributed by atoms with Crippen molar-refractivity contribution in [3.63, 3.8) is 0 Å². The quantitative estimate of drug-likeness (QED) is 0.337. The summed E-state index contributed by atoms with van der Waals surface area (Å²) < 4.78 is 5.95. The van der Waals surface area contributed by atoms with Gasteiger partial charge in [-0.3, -0.25) is 9.89 Å². The third-order valence-corrected chi connectivity index (χ3v) is 8.61. The van der Waals surface area contributed by atoms with Gasteiger partial charge in [-0.2, -0.15) is 11.8 Å². The number of aliphatic imine (C=N–C) groups is 1. The number of guanidine groups is 1. The van der Waals surface area contributed by atoms with Crippen molar-refractivity contribution in [3.8, 4) is 0 Å². The molecule has 2 heterocycles. The summed E-state index contributed by atoms with van der Waals surface area (Å²) >= 11 is 2.11. The molecule has 3 atom stereocenters. The molecule has 0 bridgehead atoms. The van der Waals surface area contributed by atoms with Crippen LogP contribution in [0.3, 0.4) is 0 Å². The summed E-state index contributed by atoms with van der Waals surface area (Å²) in [6.07, 6.45) is 8.39. The van der Waals surface area contributed by atoms with Gasteiger partial charge in [-0.05, 0) is 19.3 Å². The van der Waals surface area contributed by atoms with Crippen LogP contribution in [0.15, 0.2) is 4.99 Å². The Kier molecular flexibility index (Phi) is 7.87. The van der Waals surface area contributed by atoms with E-state index in [4.69, 9.17) is 4.74 Å². The summed E-state index contributed by atoms with van der Waals surface area (Å²) in [4.78, 5) is 7.37. The molecule has 2 saturated heterocycles. The van der Waals surface area contributed by atoms with Crippen LogP contribution >= 0.6 is 35.7 Å². The molecule has 162 valence electrons. The van der Waals surface area contributed by atoms with Crippen molar-refractivity contribution < 1.29 is 4.74 Å². The largest absolute Gasteiger partial charge is 0.377 e. The fourth-order valence-electron chi connectivity index (χ4n) is 6.06. The SMILES string of the molecule is CN=C(NCC1(N2CCSCC2)CCCCC1)NC1C2CCOC2C1(C)C.I. The number of ether oxygens (including phenoxy) is 1. The molecule has 0 aromatic rings. The first-order chi connectivity index (χ1) is 13.1. The van der Waals surface area contributed by atoms with Crippen molar-refractivity contribution in [3.05, 3.63) is 0 Å². The van der Waals surface area contributed by atoms with Crippen LogP contribution in [-0.4, -0.2) is 73.3 Å². The van der Waals surface area contributed by atoms with Gasteiger partial charge in [0.15, 0.2) is 5.96 Å². The van der Waals surface area contributed by atoms with E-state index in [0.717, 1.165) is 19.1 Å². The van der Waals surface area contributed by atoms with Gasteiger partial charge in [0.05, 0.1) is 6.10 Å². The maximum absolute atomic E-state index is 5.95. The van der Waals surface area contributed by atoms with Crippen LogP contribution in [-0.2, 0) is 4.74 Å². The molecule has 4 aliphatic rings. The Balaban J connectivity index is 0.00000225. The molecule has 4 fully saturated rings. The summed E-state index contributed by atoms with van der Waals surface area (Å²) in [5.74, 6) is 4.19. The molecule has 28 heavy (non-hydrogen) atoms. The zero-order valence-corrected chi connectivity index (χ0v) is 21.0. The standard InChI is InChI=1S/C21H38N4OS.HI/c1-20(2)17(16-7-12-26-18(16)20)24-19(22-3)23-15-21(8-5-4-6-9-21)25-10-13-27-14-11-25;/h16-18H,4-15H2,1-3H3,(H2,22,23,24);1H. The second-order valence-corrected chi connectivity index (χ2v) is 10.7. The molecule has 0 aromatic heterocycles. The van der Waals surface area contributed by atoms with Gasteiger partial charge in [0.2, 0.25) is 0 Å². The predicted octanol–water partition coefficient (Wildman–Crippen LogP) is 3.33. The second kappa shape index (κ2) is 9.60. The second-order valence-electron chi connectivity index (χ2n) is 9.50. The van der Waals surface area contributed by atoms with Crippen molar-refractivity contribution in [1.29, 1.82) is 0 Å². The minimum atomic E-state index is 0. The highest BCUT2D eigenvalue weighted by Crippen LogP contribution is 2.52. The van der Waals surface area contributed by atoms with Gasteiger partial charge in [-0.15, -0.1) is 24.0 Å². The number of nitrogens with zero attached hydrogens (tertiary/aromatic N) is 2. The number of hydrogen-bond acceptors (Lipinski definition) is 4. The molecule has 5 nitrogen and oxygen atoms in total. The van der Waals surface area contributed by atoms with Gasteiger partial charge >= 0.3 is 0 Å². The van der Waals surface area contributed by atoms with Crippen LogP contribution in [0.4, 0.5) is 0 Å². The van der Waals surface area contributed by atoms with E-state index >= 15 is 0 Å². The average Bonchev–Trinajstić information content (AvgIpc) is 3.17. The summed E-state index contributed by atoms with van der Waals surface area (Å²) in [7, 11) is 1.91. The van der Waals surface area contributed by atoms with E-state index in [9.17, 15) is 0 Å². The third kappa shape index (κ3) is 4.33. The molecular weight excluding hydrogens is 483 g/mol. The van der Waals surface area contributed by atoms with E-state index in [1.165, 1.54) is 63.1 Å². The van der Waals surface area contributed by atoms with Gasteiger partial charge < -0.3 is 15.4 Å². The topological polar surface area (TPSA) is 48.9 Å². The molecule has 0 radical (unpaired) electrons. The Morgan fingerprint density at radius 3 is 2.57 bits per heavy atom. The Bertz CT molecular complexity index is 547. The van der Waals surface area contributed by atoms with Crippen molar-refractivity contribution >= 4 is 41.7 Å². The lowest BCUT2D eigenvalue weighted by molar-refractivity contribution is -0.106. The molecule has 0 amide bonds. The molecule has 4 rings (SSSR count). The Morgan fingerprint density at radius 2 is 1.89 bits per heavy atom. The van der Waals surface area contributed by atoms with Crippen molar-refractivity contribution in [2.75, 3.05) is 44.8 Å². The van der Waals surface area contributed by atoms with E-state index in [1.807, 2.05) is 7.05 Å². The number of hydrogen-bond donors (Lipinski definition) is 2. The van der Waals surface area contributed by atoms with Gasteiger partial charge in [-0.1, -0.05) is 33.1 Å². The predicted molar refractivity (Wildman–Crippen MR) is 130 cm³/mol. The Labute approximate surface area is 192 Å². The number of fused-ring (bicyclic) bond motifs is 1. The van der Waals surface area contributed by atoms with Gasteiger partial charge in [0, 0.05) is 67.7 Å². The first-order valence-corrected chi connectivity index (χ1v) is 12.1. The van der Waals surface area contributed by atoms with Crippen LogP contribution in [0.2, 0.25) is 0 Å². The number of halogens is 1. The maximum Gasteiger partial charge on any atom is 0.191 e. The van der Waals surface area contributed by atoms with E-state index in [2.05, 4.69) is 46.1 Å². The summed E-state index contributed by atoms with van der Waals surface area (Å²) in [5.41, 5.74) is 0.510. The zero-order valence-electron chi connectivity index (χ0n) is 17.8. The van der Waals surface area contributed by atoms with Gasteiger partial charge in [0.1, 0.15) is 0 Å². The van der Waals surface area contributed by atoms with E-state index in [-0.39, 0.29) is 29.4 Å². The van der Waals surface area contributed by atoms with E-state index in [0.29, 0.717) is 23.6 Å². The fourth-order valence-corrected chi connectivity index (χ4v) is 6.96. The zero-order chi connectivity index (χ0) is 18.9. The molecular formula is C21H39IN4OS. The third-order valence-electron chi connectivity index (χ3n) is 7.67. The van der Waals surface area contributed by atoms with Gasteiger partial charge in [-0.25, -0.2) is 0 Å². The highest BCUT2D eigenvalue weighted by atomic mass is 127. The van der Waals surface area contributed by atoms with Crippen molar-refractivity contribution in [2.45, 2.75) is 70.1 Å². The first-order valence-electron chi connectivity index (χ1n) is 11.0. The molecule has 2 aliphatic heterocycles. The van der Waals surface area contributed by atoms with Crippen molar-refractivity contribution in [2.24, 2.45) is 16.3 Å². The number of nitrogens with one attached hydrogen (secondary N) is 2. The maximum atomic E-state index is 5.95. The fraction of sp³-hybridized carbons (Fsp3) is 0.952. The molecule has 3 unspecified atom stereocenters. The number of thioether (sulfide) groups is 1. The number of rotatable bonds is 4. The minimum Gasteiger partial charge on any atom is -0.377 e. The summed E-state index contributed by atoms with van der Waals surface area (Å²) in [5, 5.41) is 7.50. The highest BCUT2D eigenvalue weighted by Gasteiger charge is 2.59. The normalized spacial score (nSPS) is 34.7. The van der Waals surface area contributed by atoms with E-state index in [1.54, 1.807) is 0 Å². The summed E-state index contributed by atoms with van der Waals surface area (Å²) in [6.45, 7) is 9.09. The minimum absolute atomic E-state index is 0. The Hall–Kier alpha value is 0.270. The lowest BCUT2D eigenvalue weighted by atomic mass is 9.57. The van der Waals surface area contributed by atoms with Crippen LogP contribution in [0, 0.1) is 11.3 Å². The Morgan fingerprint density at radius 1 is 1.18 bits per heavy atom. The van der Waals surface area contributed by atoms with Crippen molar-refractivity contribution in [1.82, 2.24) is 15.5 Å². The lowest BCUT2D eigenvalue weighted by Gasteiger charge is -2.55. The highest BCUT2D eigenvalue weighted by molar-refractivity contribution is 14.0. The van der Waals surface area contributed by atoms with Crippen LogP contribution < -0.4 is 10.6 Å². The molecule has 0 spiro atoms. The molecule has 2 saturated carbocycles. The van der Waals surface area contributed by atoms with Crippen LogP contribution in [0.1, 0.15) is 52.4 Å². The average molecular weight is 523 g/mol. The van der Waals surface area contributed by atoms with E-state index < -0.39 is 0 Å². The molecule has 0 aromatic carbocycles. The summed E-state index contributed by atoms with van der Waals surface area (Å²) in [6, 6.07) is 0.463. The lowest BCUT2D eigenvalue weighted by Crippen LogP contribution is -2.68. The first kappa shape index (κ1) is 22.9.